The number of nitrogens with two attached hydrogens (primary N) is 1. The zero-order valence-electron chi connectivity index (χ0n) is 12.9. The van der Waals surface area contributed by atoms with Gasteiger partial charge in [0.2, 0.25) is 0 Å². The van der Waals surface area contributed by atoms with Gasteiger partial charge in [-0.3, -0.25) is 4.72 Å². The highest BCUT2D eigenvalue weighted by Gasteiger charge is 2.11. The second-order valence-corrected chi connectivity index (χ2v) is 6.25. The van der Waals surface area contributed by atoms with Crippen molar-refractivity contribution in [1.82, 2.24) is 0 Å². The molecule has 0 aromatic heterocycles. The van der Waals surface area contributed by atoms with Crippen molar-refractivity contribution in [2.75, 3.05) is 23.2 Å². The molecule has 0 fully saturated rings. The second kappa shape index (κ2) is 8.31. The summed E-state index contributed by atoms with van der Waals surface area (Å²) in [5.74, 6) is 0. The predicted octanol–water partition coefficient (Wildman–Crippen LogP) is 1.80. The van der Waals surface area contributed by atoms with Gasteiger partial charge in [0.05, 0.1) is 30.2 Å². The molecule has 8 heteroatoms. The van der Waals surface area contributed by atoms with Gasteiger partial charge >= 0.3 is 0 Å². The zero-order valence-corrected chi connectivity index (χ0v) is 13.7. The van der Waals surface area contributed by atoms with Crippen molar-refractivity contribution in [1.29, 1.82) is 5.26 Å². The van der Waals surface area contributed by atoms with E-state index in [4.69, 9.17) is 9.88 Å². The van der Waals surface area contributed by atoms with E-state index in [1.807, 2.05) is 36.4 Å². The van der Waals surface area contributed by atoms with Crippen LogP contribution in [0.2, 0.25) is 0 Å². The molecule has 0 atom stereocenters. The molecule has 0 radical (unpaired) electrons. The van der Waals surface area contributed by atoms with Crippen LogP contribution >= 0.6 is 0 Å². The van der Waals surface area contributed by atoms with Gasteiger partial charge in [-0.25, -0.2) is 5.14 Å². The third-order valence-electron chi connectivity index (χ3n) is 3.10. The molecule has 0 bridgehead atoms. The van der Waals surface area contributed by atoms with Crippen LogP contribution in [0, 0.1) is 11.3 Å². The van der Waals surface area contributed by atoms with Crippen molar-refractivity contribution in [3.05, 3.63) is 59.7 Å². The third-order valence-corrected chi connectivity index (χ3v) is 3.61. The summed E-state index contributed by atoms with van der Waals surface area (Å²) >= 11 is 0. The molecule has 0 aliphatic rings. The molecule has 4 N–H and O–H groups in total. The Morgan fingerprint density at radius 3 is 2.46 bits per heavy atom. The molecule has 126 valence electrons. The van der Waals surface area contributed by atoms with Gasteiger partial charge in [-0.1, -0.05) is 36.4 Å². The molecule has 0 unspecified atom stereocenters. The van der Waals surface area contributed by atoms with Gasteiger partial charge in [-0.05, 0) is 17.7 Å². The number of hydrogen-bond acceptors (Lipinski definition) is 5. The molecule has 0 aliphatic heterocycles. The van der Waals surface area contributed by atoms with Gasteiger partial charge in [0.25, 0.3) is 10.2 Å². The molecule has 2 aromatic rings. The van der Waals surface area contributed by atoms with Crippen LogP contribution in [0.15, 0.2) is 48.5 Å². The maximum Gasteiger partial charge on any atom is 0.296 e. The Hall–Kier alpha value is -2.60. The summed E-state index contributed by atoms with van der Waals surface area (Å²) in [5.41, 5.74) is 1.90. The number of nitrogens with one attached hydrogen (secondary N) is 2. The largest absolute Gasteiger partial charge is 0.382 e. The molecule has 0 amide bonds. The fourth-order valence-corrected chi connectivity index (χ4v) is 2.56. The number of nitriles is 1. The maximum absolute atomic E-state index is 11.1. The maximum atomic E-state index is 11.1. The van der Waals surface area contributed by atoms with E-state index in [-0.39, 0.29) is 11.3 Å². The van der Waals surface area contributed by atoms with Crippen molar-refractivity contribution < 1.29 is 13.2 Å². The lowest BCUT2D eigenvalue weighted by Gasteiger charge is -2.12. The van der Waals surface area contributed by atoms with Crippen LogP contribution in [0.3, 0.4) is 0 Å². The molecule has 0 aliphatic carbocycles. The van der Waals surface area contributed by atoms with Gasteiger partial charge < -0.3 is 10.1 Å². The van der Waals surface area contributed by atoms with Crippen molar-refractivity contribution in [2.45, 2.75) is 6.61 Å². The fourth-order valence-electron chi connectivity index (χ4n) is 2.08. The average molecular weight is 346 g/mol. The van der Waals surface area contributed by atoms with E-state index in [1.54, 1.807) is 12.1 Å². The van der Waals surface area contributed by atoms with Crippen molar-refractivity contribution in [2.24, 2.45) is 5.14 Å². The summed E-state index contributed by atoms with van der Waals surface area (Å²) in [6.07, 6.45) is 0. The lowest BCUT2D eigenvalue weighted by Crippen LogP contribution is -2.22. The van der Waals surface area contributed by atoms with E-state index in [0.717, 1.165) is 5.56 Å². The Bertz CT molecular complexity index is 817. The predicted molar refractivity (Wildman–Crippen MR) is 92.5 cm³/mol. The summed E-state index contributed by atoms with van der Waals surface area (Å²) in [6.45, 7) is 1.41. The number of hydrogen-bond donors (Lipinski definition) is 3. The third kappa shape index (κ3) is 5.55. The zero-order chi connectivity index (χ0) is 17.4. The average Bonchev–Trinajstić information content (AvgIpc) is 2.54. The summed E-state index contributed by atoms with van der Waals surface area (Å²) in [6, 6.07) is 16.5. The van der Waals surface area contributed by atoms with Gasteiger partial charge in [-0.2, -0.15) is 13.7 Å². The first-order valence-electron chi connectivity index (χ1n) is 7.19. The van der Waals surface area contributed by atoms with E-state index in [1.165, 1.54) is 6.07 Å². The number of rotatable bonds is 8. The molecular formula is C16H18N4O3S. The van der Waals surface area contributed by atoms with E-state index < -0.39 is 10.2 Å². The normalized spacial score (nSPS) is 10.8. The molecule has 0 saturated carbocycles. The van der Waals surface area contributed by atoms with Crippen molar-refractivity contribution >= 4 is 21.6 Å². The molecule has 2 aromatic carbocycles. The molecule has 2 rings (SSSR count). The van der Waals surface area contributed by atoms with Crippen LogP contribution in [0.1, 0.15) is 11.1 Å². The van der Waals surface area contributed by atoms with Crippen LogP contribution < -0.4 is 15.2 Å². The van der Waals surface area contributed by atoms with Crippen LogP contribution in [0.4, 0.5) is 11.4 Å². The molecule has 24 heavy (non-hydrogen) atoms. The summed E-state index contributed by atoms with van der Waals surface area (Å²) in [5, 5.41) is 17.3. The smallest absolute Gasteiger partial charge is 0.296 e. The second-order valence-electron chi connectivity index (χ2n) is 4.95. The van der Waals surface area contributed by atoms with Crippen LogP contribution in [0.5, 0.6) is 0 Å². The number of benzene rings is 2. The van der Waals surface area contributed by atoms with Gasteiger partial charge in [0.15, 0.2) is 0 Å². The van der Waals surface area contributed by atoms with Crippen LogP contribution in [-0.4, -0.2) is 21.6 Å². The summed E-state index contributed by atoms with van der Waals surface area (Å²) < 4.78 is 29.9. The van der Waals surface area contributed by atoms with Gasteiger partial charge in [0.1, 0.15) is 6.07 Å². The van der Waals surface area contributed by atoms with Crippen LogP contribution in [0.25, 0.3) is 0 Å². The minimum atomic E-state index is -3.94. The van der Waals surface area contributed by atoms with Crippen molar-refractivity contribution in [3.8, 4) is 6.07 Å². The van der Waals surface area contributed by atoms with E-state index >= 15 is 0 Å². The molecule has 0 saturated heterocycles. The first-order chi connectivity index (χ1) is 11.5. The van der Waals surface area contributed by atoms with Crippen LogP contribution in [-0.2, 0) is 21.6 Å². The number of ether oxygens (including phenoxy) is 1. The standard InChI is InChI=1S/C16H18N4O3S/c17-11-14-15(7-4-8-16(14)20-24(18,21)22)19-9-10-23-12-13-5-2-1-3-6-13/h1-8,19-20H,9-10,12H2,(H2,18,21,22). The Kier molecular flexibility index (Phi) is 6.14. The molecule has 0 heterocycles. The van der Waals surface area contributed by atoms with Crippen molar-refractivity contribution in [3.63, 3.8) is 0 Å². The molecular weight excluding hydrogens is 328 g/mol. The quantitative estimate of drug-likeness (QED) is 0.630. The lowest BCUT2D eigenvalue weighted by atomic mass is 10.1. The Balaban J connectivity index is 1.90. The Morgan fingerprint density at radius 1 is 1.08 bits per heavy atom. The van der Waals surface area contributed by atoms with E-state index in [9.17, 15) is 13.7 Å². The minimum Gasteiger partial charge on any atom is -0.382 e. The fraction of sp³-hybridized carbons (Fsp3) is 0.188. The van der Waals surface area contributed by atoms with Gasteiger partial charge in [0, 0.05) is 6.54 Å². The van der Waals surface area contributed by atoms with E-state index in [2.05, 4.69) is 10.0 Å². The summed E-state index contributed by atoms with van der Waals surface area (Å²) in [7, 11) is -3.94. The number of anilines is 2. The summed E-state index contributed by atoms with van der Waals surface area (Å²) in [4.78, 5) is 0. The minimum absolute atomic E-state index is 0.134. The highest BCUT2D eigenvalue weighted by molar-refractivity contribution is 7.90. The Labute approximate surface area is 141 Å². The SMILES string of the molecule is N#Cc1c(NCCOCc2ccccc2)cccc1NS(N)(=O)=O. The van der Waals surface area contributed by atoms with Gasteiger partial charge in [-0.15, -0.1) is 0 Å². The topological polar surface area (TPSA) is 117 Å². The lowest BCUT2D eigenvalue weighted by molar-refractivity contribution is 0.130. The highest BCUT2D eigenvalue weighted by Crippen LogP contribution is 2.23. The monoisotopic (exact) mass is 346 g/mol. The highest BCUT2D eigenvalue weighted by atomic mass is 32.2. The van der Waals surface area contributed by atoms with E-state index in [0.29, 0.717) is 25.4 Å². The first-order valence-corrected chi connectivity index (χ1v) is 8.73. The molecule has 7 nitrogen and oxygen atoms in total. The molecule has 0 spiro atoms. The first kappa shape index (κ1) is 17.7. The number of nitrogens with zero attached hydrogens (tertiary/aromatic N) is 1. The Morgan fingerprint density at radius 2 is 1.79 bits per heavy atom.